The minimum Gasteiger partial charge on any atom is -0.497 e. The van der Waals surface area contributed by atoms with Crippen molar-refractivity contribution in [3.63, 3.8) is 0 Å². The van der Waals surface area contributed by atoms with E-state index >= 15 is 0 Å². The van der Waals surface area contributed by atoms with Crippen LogP contribution in [0.2, 0.25) is 0 Å². The molecule has 7 heteroatoms. The van der Waals surface area contributed by atoms with Crippen molar-refractivity contribution in [2.45, 2.75) is 6.54 Å². The number of aromatic nitrogens is 3. The summed E-state index contributed by atoms with van der Waals surface area (Å²) < 4.78 is 6.88. The van der Waals surface area contributed by atoms with Gasteiger partial charge in [-0.25, -0.2) is 4.79 Å². The number of methoxy groups -OCH3 is 1. The van der Waals surface area contributed by atoms with E-state index in [4.69, 9.17) is 4.74 Å². The van der Waals surface area contributed by atoms with E-state index in [1.165, 1.54) is 0 Å². The van der Waals surface area contributed by atoms with Crippen LogP contribution < -0.4 is 15.4 Å². The molecule has 2 amide bonds. The molecule has 3 rings (SSSR count). The molecule has 0 saturated heterocycles. The number of benzene rings is 1. The first-order chi connectivity index (χ1) is 10.8. The second-order valence-electron chi connectivity index (χ2n) is 4.64. The molecule has 22 heavy (non-hydrogen) atoms. The van der Waals surface area contributed by atoms with E-state index in [0.717, 1.165) is 11.3 Å². The number of ether oxygens (including phenoxy) is 1. The van der Waals surface area contributed by atoms with Crippen molar-refractivity contribution in [2.75, 3.05) is 12.4 Å². The summed E-state index contributed by atoms with van der Waals surface area (Å²) in [5, 5.41) is 13.3. The van der Waals surface area contributed by atoms with Crippen molar-refractivity contribution in [3.8, 4) is 5.75 Å². The molecule has 0 bridgehead atoms. The number of carbonyl (C=O) groups excluding carboxylic acids is 1. The van der Waals surface area contributed by atoms with Gasteiger partial charge in [0.2, 0.25) is 0 Å². The number of hydrogen-bond acceptors (Lipinski definition) is 4. The SMILES string of the molecule is COc1cccc(CNC(=O)Nc2cccn3cnnc23)c1. The van der Waals surface area contributed by atoms with Crippen LogP contribution in [0.15, 0.2) is 48.9 Å². The zero-order chi connectivity index (χ0) is 15.4. The monoisotopic (exact) mass is 297 g/mol. The number of nitrogens with one attached hydrogen (secondary N) is 2. The second kappa shape index (κ2) is 6.13. The van der Waals surface area contributed by atoms with E-state index in [1.807, 2.05) is 36.5 Å². The molecule has 0 aliphatic rings. The molecule has 0 fully saturated rings. The van der Waals surface area contributed by atoms with Gasteiger partial charge in [0.15, 0.2) is 5.65 Å². The Morgan fingerprint density at radius 3 is 3.09 bits per heavy atom. The number of amides is 2. The topological polar surface area (TPSA) is 80.5 Å². The van der Waals surface area contributed by atoms with Crippen molar-refractivity contribution in [2.24, 2.45) is 0 Å². The largest absolute Gasteiger partial charge is 0.497 e. The smallest absolute Gasteiger partial charge is 0.319 e. The molecule has 0 aliphatic heterocycles. The summed E-state index contributed by atoms with van der Waals surface area (Å²) in [4.78, 5) is 12.0. The predicted octanol–water partition coefficient (Wildman–Crippen LogP) is 2.06. The van der Waals surface area contributed by atoms with Gasteiger partial charge in [-0.05, 0) is 29.8 Å². The van der Waals surface area contributed by atoms with Crippen LogP contribution >= 0.6 is 0 Å². The number of carbonyl (C=O) groups is 1. The van der Waals surface area contributed by atoms with Crippen LogP contribution in [0.1, 0.15) is 5.56 Å². The fraction of sp³-hybridized carbons (Fsp3) is 0.133. The first kappa shape index (κ1) is 13.9. The lowest BCUT2D eigenvalue weighted by atomic mass is 10.2. The maximum atomic E-state index is 12.0. The lowest BCUT2D eigenvalue weighted by Crippen LogP contribution is -2.28. The van der Waals surface area contributed by atoms with Crippen molar-refractivity contribution < 1.29 is 9.53 Å². The second-order valence-corrected chi connectivity index (χ2v) is 4.64. The summed E-state index contributed by atoms with van der Waals surface area (Å²) in [5.74, 6) is 0.757. The van der Waals surface area contributed by atoms with E-state index in [1.54, 1.807) is 23.9 Å². The third kappa shape index (κ3) is 2.98. The van der Waals surface area contributed by atoms with Gasteiger partial charge in [-0.2, -0.15) is 0 Å². The average molecular weight is 297 g/mol. The molecular weight excluding hydrogens is 282 g/mol. The minimum atomic E-state index is -0.307. The van der Waals surface area contributed by atoms with Crippen LogP contribution in [0.5, 0.6) is 5.75 Å². The van der Waals surface area contributed by atoms with E-state index in [0.29, 0.717) is 17.9 Å². The Hall–Kier alpha value is -3.09. The Morgan fingerprint density at radius 1 is 1.32 bits per heavy atom. The first-order valence-corrected chi connectivity index (χ1v) is 6.72. The fourth-order valence-electron chi connectivity index (χ4n) is 2.08. The number of fused-ring (bicyclic) bond motifs is 1. The summed E-state index contributed by atoms with van der Waals surface area (Å²) in [5.41, 5.74) is 2.15. The Balaban J connectivity index is 1.64. The molecule has 2 aromatic heterocycles. The van der Waals surface area contributed by atoms with Crippen molar-refractivity contribution in [3.05, 3.63) is 54.5 Å². The van der Waals surface area contributed by atoms with Gasteiger partial charge in [0.25, 0.3) is 0 Å². The van der Waals surface area contributed by atoms with Crippen LogP contribution in [-0.2, 0) is 6.54 Å². The standard InChI is InChI=1S/C15H15N5O2/c1-22-12-5-2-4-11(8-12)9-16-15(21)18-13-6-3-7-20-10-17-19-14(13)20/h2-8,10H,9H2,1H3,(H2,16,18,21). The highest BCUT2D eigenvalue weighted by molar-refractivity contribution is 5.92. The molecule has 0 spiro atoms. The summed E-state index contributed by atoms with van der Waals surface area (Å²) in [6, 6.07) is 10.8. The molecule has 2 heterocycles. The molecule has 3 aromatic rings. The van der Waals surface area contributed by atoms with E-state index in [2.05, 4.69) is 20.8 Å². The van der Waals surface area contributed by atoms with Crippen molar-refractivity contribution >= 4 is 17.4 Å². The van der Waals surface area contributed by atoms with Crippen LogP contribution in [0, 0.1) is 0 Å². The van der Waals surface area contributed by atoms with Gasteiger partial charge in [-0.15, -0.1) is 10.2 Å². The number of rotatable bonds is 4. The highest BCUT2D eigenvalue weighted by atomic mass is 16.5. The van der Waals surface area contributed by atoms with Crippen molar-refractivity contribution in [1.82, 2.24) is 19.9 Å². The van der Waals surface area contributed by atoms with Crippen LogP contribution in [0.25, 0.3) is 5.65 Å². The highest BCUT2D eigenvalue weighted by Gasteiger charge is 2.07. The number of pyridine rings is 1. The van der Waals surface area contributed by atoms with Gasteiger partial charge in [-0.3, -0.25) is 4.40 Å². The molecule has 112 valence electrons. The van der Waals surface area contributed by atoms with Crippen LogP contribution in [0.3, 0.4) is 0 Å². The van der Waals surface area contributed by atoms with Crippen molar-refractivity contribution in [1.29, 1.82) is 0 Å². The van der Waals surface area contributed by atoms with E-state index in [9.17, 15) is 4.79 Å². The normalized spacial score (nSPS) is 10.4. The molecule has 2 N–H and O–H groups in total. The third-order valence-corrected chi connectivity index (χ3v) is 3.16. The molecule has 0 saturated carbocycles. The van der Waals surface area contributed by atoms with E-state index in [-0.39, 0.29) is 6.03 Å². The van der Waals surface area contributed by atoms with E-state index < -0.39 is 0 Å². The fourth-order valence-corrected chi connectivity index (χ4v) is 2.08. The summed E-state index contributed by atoms with van der Waals surface area (Å²) in [6.45, 7) is 0.402. The quantitative estimate of drug-likeness (QED) is 0.772. The van der Waals surface area contributed by atoms with Gasteiger partial charge in [0, 0.05) is 12.7 Å². The summed E-state index contributed by atoms with van der Waals surface area (Å²) in [6.07, 6.45) is 3.39. The molecule has 0 atom stereocenters. The Bertz CT molecular complexity index is 799. The molecule has 1 aromatic carbocycles. The molecule has 0 radical (unpaired) electrons. The number of anilines is 1. The van der Waals surface area contributed by atoms with Crippen LogP contribution in [-0.4, -0.2) is 27.7 Å². The molecule has 0 aliphatic carbocycles. The Morgan fingerprint density at radius 2 is 2.23 bits per heavy atom. The average Bonchev–Trinajstić information content (AvgIpc) is 3.03. The highest BCUT2D eigenvalue weighted by Crippen LogP contribution is 2.14. The van der Waals surface area contributed by atoms with Gasteiger partial charge >= 0.3 is 6.03 Å². The Kier molecular flexibility index (Phi) is 3.86. The zero-order valence-electron chi connectivity index (χ0n) is 12.0. The maximum Gasteiger partial charge on any atom is 0.319 e. The maximum absolute atomic E-state index is 12.0. The molecule has 0 unspecified atom stereocenters. The zero-order valence-corrected chi connectivity index (χ0v) is 12.0. The van der Waals surface area contributed by atoms with Gasteiger partial charge in [-0.1, -0.05) is 12.1 Å². The predicted molar refractivity (Wildman–Crippen MR) is 81.8 cm³/mol. The lowest BCUT2D eigenvalue weighted by molar-refractivity contribution is 0.251. The van der Waals surface area contributed by atoms with Gasteiger partial charge in [0.05, 0.1) is 12.8 Å². The molecular formula is C15H15N5O2. The van der Waals surface area contributed by atoms with Crippen LogP contribution in [0.4, 0.5) is 10.5 Å². The minimum absolute atomic E-state index is 0.307. The Labute approximate surface area is 126 Å². The third-order valence-electron chi connectivity index (χ3n) is 3.16. The summed E-state index contributed by atoms with van der Waals surface area (Å²) >= 11 is 0. The number of hydrogen-bond donors (Lipinski definition) is 2. The summed E-state index contributed by atoms with van der Waals surface area (Å²) in [7, 11) is 1.61. The van der Waals surface area contributed by atoms with Gasteiger partial charge < -0.3 is 15.4 Å². The first-order valence-electron chi connectivity index (χ1n) is 6.72. The number of nitrogens with zero attached hydrogens (tertiary/aromatic N) is 3. The van der Waals surface area contributed by atoms with Gasteiger partial charge in [0.1, 0.15) is 12.1 Å². The molecule has 7 nitrogen and oxygen atoms in total. The lowest BCUT2D eigenvalue weighted by Gasteiger charge is -2.09. The number of urea groups is 1.